The van der Waals surface area contributed by atoms with Gasteiger partial charge < -0.3 is 14.7 Å². The van der Waals surface area contributed by atoms with Crippen molar-refractivity contribution in [2.75, 3.05) is 30.0 Å². The maximum absolute atomic E-state index is 13.1. The van der Waals surface area contributed by atoms with Gasteiger partial charge >= 0.3 is 12.1 Å². The van der Waals surface area contributed by atoms with Crippen LogP contribution in [0.5, 0.6) is 0 Å². The molecule has 15 heteroatoms. The first kappa shape index (κ1) is 32.5. The molecule has 232 valence electrons. The number of carboxylic acids is 1. The predicted molar refractivity (Wildman–Crippen MR) is 162 cm³/mol. The Hall–Kier alpha value is -4.37. The van der Waals surface area contributed by atoms with Gasteiger partial charge in [0.05, 0.1) is 16.8 Å². The molecule has 2 aliphatic rings. The largest absolute Gasteiger partial charge is 0.480 e. The molecule has 0 spiro atoms. The molecule has 0 aliphatic carbocycles. The monoisotopic (exact) mass is 642 g/mol. The summed E-state index contributed by atoms with van der Waals surface area (Å²) in [7, 11) is 2.93. The summed E-state index contributed by atoms with van der Waals surface area (Å²) in [5.41, 5.74) is 0.900. The Morgan fingerprint density at radius 2 is 1.75 bits per heavy atom. The second kappa shape index (κ2) is 15.4. The third-order valence-electron chi connectivity index (χ3n) is 6.70. The van der Waals surface area contributed by atoms with Crippen LogP contribution in [0.2, 0.25) is 0 Å². The van der Waals surface area contributed by atoms with E-state index in [9.17, 15) is 33.6 Å². The third-order valence-corrected chi connectivity index (χ3v) is 9.16. The standard InChI is InChI=1S/C29H30N4O9S2/c34-22-12-11-21(26(38)31-22)33-27(39)19-8-4-9-20(25(19)28(33)40)30-29(41)42-13-15-44-43-14-5-10-23(35)32(17-24(36)37)16-18-6-2-1-3-7-18/h1-4,6-9,21H,5,10-17H2,(H,30,41)(H,36,37)(H,31,34,38). The van der Waals surface area contributed by atoms with Crippen molar-refractivity contribution in [2.24, 2.45) is 0 Å². The van der Waals surface area contributed by atoms with E-state index in [1.165, 1.54) is 44.7 Å². The van der Waals surface area contributed by atoms with Crippen LogP contribution in [-0.2, 0) is 30.5 Å². The maximum atomic E-state index is 13.1. The highest BCUT2D eigenvalue weighted by atomic mass is 33.1. The Bertz CT molecular complexity index is 1450. The van der Waals surface area contributed by atoms with E-state index < -0.39 is 41.7 Å². The van der Waals surface area contributed by atoms with Gasteiger partial charge in [0, 0.05) is 30.9 Å². The molecule has 1 saturated heterocycles. The quantitative estimate of drug-likeness (QED) is 0.157. The van der Waals surface area contributed by atoms with Crippen molar-refractivity contribution in [1.82, 2.24) is 15.1 Å². The zero-order chi connectivity index (χ0) is 31.6. The van der Waals surface area contributed by atoms with Crippen molar-refractivity contribution in [1.29, 1.82) is 0 Å². The third kappa shape index (κ3) is 8.38. The minimum atomic E-state index is -1.12. The van der Waals surface area contributed by atoms with Crippen LogP contribution in [0, 0.1) is 0 Å². The minimum absolute atomic E-state index is 0.00415. The van der Waals surface area contributed by atoms with Crippen molar-refractivity contribution in [3.8, 4) is 0 Å². The van der Waals surface area contributed by atoms with Gasteiger partial charge in [0.1, 0.15) is 19.2 Å². The summed E-state index contributed by atoms with van der Waals surface area (Å²) >= 11 is 0. The number of hydrogen-bond donors (Lipinski definition) is 3. The molecule has 0 bridgehead atoms. The van der Waals surface area contributed by atoms with Crippen LogP contribution in [0.1, 0.15) is 52.0 Å². The summed E-state index contributed by atoms with van der Waals surface area (Å²) < 4.78 is 5.20. The highest BCUT2D eigenvalue weighted by Crippen LogP contribution is 2.32. The lowest BCUT2D eigenvalue weighted by molar-refractivity contribution is -0.144. The number of carboxylic acid groups (broad SMARTS) is 1. The number of benzene rings is 2. The zero-order valence-corrected chi connectivity index (χ0v) is 25.1. The smallest absolute Gasteiger partial charge is 0.411 e. The summed E-state index contributed by atoms with van der Waals surface area (Å²) in [4.78, 5) is 88.1. The highest BCUT2D eigenvalue weighted by molar-refractivity contribution is 8.76. The molecule has 0 saturated carbocycles. The predicted octanol–water partition coefficient (Wildman–Crippen LogP) is 2.91. The number of carbonyl (C=O) groups is 7. The van der Waals surface area contributed by atoms with Crippen molar-refractivity contribution in [2.45, 2.75) is 38.3 Å². The molecule has 2 aromatic carbocycles. The fraction of sp³-hybridized carbons (Fsp3) is 0.345. The lowest BCUT2D eigenvalue weighted by Crippen LogP contribution is -2.54. The maximum Gasteiger partial charge on any atom is 0.411 e. The molecule has 0 aromatic heterocycles. The SMILES string of the molecule is O=C(O)CN(Cc1ccccc1)C(=O)CCCSSCCOC(=O)Nc1cccc2c1C(=O)N(C1CCC(=O)NC1=O)C2=O. The van der Waals surface area contributed by atoms with E-state index >= 15 is 0 Å². The van der Waals surface area contributed by atoms with E-state index in [0.29, 0.717) is 17.9 Å². The van der Waals surface area contributed by atoms with E-state index in [-0.39, 0.29) is 61.7 Å². The number of rotatable bonds is 14. The number of carbonyl (C=O) groups excluding carboxylic acids is 6. The Kier molecular flexibility index (Phi) is 11.4. The molecule has 2 heterocycles. The molecule has 1 fully saturated rings. The van der Waals surface area contributed by atoms with Crippen LogP contribution in [0.4, 0.5) is 10.5 Å². The van der Waals surface area contributed by atoms with Gasteiger partial charge in [-0.15, -0.1) is 0 Å². The number of nitrogens with one attached hydrogen (secondary N) is 2. The van der Waals surface area contributed by atoms with E-state index in [0.717, 1.165) is 10.5 Å². The van der Waals surface area contributed by atoms with Gasteiger partial charge in [-0.25, -0.2) is 4.79 Å². The summed E-state index contributed by atoms with van der Waals surface area (Å²) in [6.07, 6.45) is -0.0629. The lowest BCUT2D eigenvalue weighted by Gasteiger charge is -2.27. The van der Waals surface area contributed by atoms with Crippen molar-refractivity contribution in [3.63, 3.8) is 0 Å². The first-order valence-electron chi connectivity index (χ1n) is 13.7. The van der Waals surface area contributed by atoms with Gasteiger partial charge in [-0.3, -0.25) is 44.3 Å². The molecule has 2 aliphatic heterocycles. The Morgan fingerprint density at radius 3 is 2.48 bits per heavy atom. The average Bonchev–Trinajstić information content (AvgIpc) is 3.24. The summed E-state index contributed by atoms with van der Waals surface area (Å²) in [6, 6.07) is 12.4. The fourth-order valence-corrected chi connectivity index (χ4v) is 6.61. The van der Waals surface area contributed by atoms with Crippen LogP contribution in [0.3, 0.4) is 0 Å². The normalized spacial score (nSPS) is 15.9. The number of aliphatic carboxylic acids is 1. The molecule has 4 rings (SSSR count). The van der Waals surface area contributed by atoms with Crippen LogP contribution in [-0.4, -0.2) is 87.2 Å². The molecule has 44 heavy (non-hydrogen) atoms. The Balaban J connectivity index is 1.16. The first-order chi connectivity index (χ1) is 21.2. The molecule has 0 radical (unpaired) electrons. The molecule has 1 unspecified atom stereocenters. The number of anilines is 1. The molecule has 6 amide bonds. The summed E-state index contributed by atoms with van der Waals surface area (Å²) in [5.74, 6) is -2.87. The average molecular weight is 643 g/mol. The molecule has 13 nitrogen and oxygen atoms in total. The van der Waals surface area contributed by atoms with E-state index in [1.807, 2.05) is 30.3 Å². The van der Waals surface area contributed by atoms with Gasteiger partial charge in [0.15, 0.2) is 0 Å². The number of nitrogens with zero attached hydrogens (tertiary/aromatic N) is 2. The van der Waals surface area contributed by atoms with E-state index in [1.54, 1.807) is 0 Å². The molecule has 1 atom stereocenters. The molecule has 2 aromatic rings. The van der Waals surface area contributed by atoms with Gasteiger partial charge in [-0.1, -0.05) is 58.0 Å². The summed E-state index contributed by atoms with van der Waals surface area (Å²) in [6.45, 7) is -0.0960. The number of amides is 6. The number of hydrogen-bond acceptors (Lipinski definition) is 10. The van der Waals surface area contributed by atoms with Crippen molar-refractivity contribution < 1.29 is 43.4 Å². The van der Waals surface area contributed by atoms with Crippen molar-refractivity contribution in [3.05, 3.63) is 65.2 Å². The lowest BCUT2D eigenvalue weighted by atomic mass is 10.0. The van der Waals surface area contributed by atoms with Gasteiger partial charge in [-0.2, -0.15) is 0 Å². The first-order valence-corrected chi connectivity index (χ1v) is 16.2. The van der Waals surface area contributed by atoms with Gasteiger partial charge in [-0.05, 0) is 30.5 Å². The number of piperidine rings is 1. The number of fused-ring (bicyclic) bond motifs is 1. The van der Waals surface area contributed by atoms with Crippen LogP contribution >= 0.6 is 21.6 Å². The van der Waals surface area contributed by atoms with Crippen LogP contribution in [0.15, 0.2) is 48.5 Å². The number of ether oxygens (including phenoxy) is 1. The second-order valence-corrected chi connectivity index (χ2v) is 12.5. The zero-order valence-electron chi connectivity index (χ0n) is 23.5. The van der Waals surface area contributed by atoms with Gasteiger partial charge in [0.25, 0.3) is 11.8 Å². The van der Waals surface area contributed by atoms with Gasteiger partial charge in [0.2, 0.25) is 17.7 Å². The van der Waals surface area contributed by atoms with Crippen molar-refractivity contribution >= 4 is 68.9 Å². The minimum Gasteiger partial charge on any atom is -0.480 e. The van der Waals surface area contributed by atoms with E-state index in [2.05, 4.69) is 10.6 Å². The second-order valence-electron chi connectivity index (χ2n) is 9.81. The van der Waals surface area contributed by atoms with Crippen LogP contribution < -0.4 is 10.6 Å². The molecular formula is C29H30N4O9S2. The molecular weight excluding hydrogens is 612 g/mol. The number of imide groups is 2. The Labute approximate surface area is 260 Å². The summed E-state index contributed by atoms with van der Waals surface area (Å²) in [5, 5.41) is 13.8. The van der Waals surface area contributed by atoms with Crippen LogP contribution in [0.25, 0.3) is 0 Å². The molecule has 3 N–H and O–H groups in total. The van der Waals surface area contributed by atoms with E-state index in [4.69, 9.17) is 9.84 Å². The topological polar surface area (TPSA) is 179 Å². The highest BCUT2D eigenvalue weighted by Gasteiger charge is 2.45. The Morgan fingerprint density at radius 1 is 1.00 bits per heavy atom. The fourth-order valence-electron chi connectivity index (χ4n) is 4.69.